The molecule has 0 radical (unpaired) electrons. The van der Waals surface area contributed by atoms with Crippen LogP contribution in [0.3, 0.4) is 0 Å². The van der Waals surface area contributed by atoms with Crippen LogP contribution in [0.25, 0.3) is 11.1 Å². The predicted molar refractivity (Wildman–Crippen MR) is 124 cm³/mol. The van der Waals surface area contributed by atoms with E-state index in [4.69, 9.17) is 4.74 Å². The fourth-order valence-corrected chi connectivity index (χ4v) is 4.50. The highest BCUT2D eigenvalue weighted by molar-refractivity contribution is 7.99. The van der Waals surface area contributed by atoms with Gasteiger partial charge < -0.3 is 10.1 Å². The van der Waals surface area contributed by atoms with E-state index in [1.165, 1.54) is 6.20 Å². The van der Waals surface area contributed by atoms with Crippen molar-refractivity contribution >= 4 is 17.7 Å². The number of aryl methyl sites for hydroxylation is 2. The van der Waals surface area contributed by atoms with E-state index in [2.05, 4.69) is 10.3 Å². The van der Waals surface area contributed by atoms with Gasteiger partial charge in [-0.2, -0.15) is 13.2 Å². The van der Waals surface area contributed by atoms with Crippen LogP contribution in [0.1, 0.15) is 27.0 Å². The molecule has 1 amide bonds. The van der Waals surface area contributed by atoms with Crippen LogP contribution in [-0.4, -0.2) is 36.9 Å². The number of nitrogens with one attached hydrogen (secondary N) is 1. The molecule has 1 aromatic heterocycles. The van der Waals surface area contributed by atoms with Gasteiger partial charge in [-0.1, -0.05) is 30.3 Å². The van der Waals surface area contributed by atoms with E-state index in [0.29, 0.717) is 36.5 Å². The van der Waals surface area contributed by atoms with Crippen LogP contribution in [0.5, 0.6) is 0 Å². The molecule has 0 atom stereocenters. The minimum absolute atomic E-state index is 0.173. The highest BCUT2D eigenvalue weighted by Crippen LogP contribution is 2.35. The van der Waals surface area contributed by atoms with E-state index in [9.17, 15) is 18.0 Å². The van der Waals surface area contributed by atoms with Crippen molar-refractivity contribution in [3.8, 4) is 11.1 Å². The summed E-state index contributed by atoms with van der Waals surface area (Å²) in [6, 6.07) is 14.5. The summed E-state index contributed by atoms with van der Waals surface area (Å²) in [6.07, 6.45) is -1.63. The number of aromatic nitrogens is 1. The zero-order valence-electron chi connectivity index (χ0n) is 18.4. The Morgan fingerprint density at radius 2 is 1.91 bits per heavy atom. The summed E-state index contributed by atoms with van der Waals surface area (Å²) in [5.41, 5.74) is 3.31. The molecule has 0 unspecified atom stereocenters. The van der Waals surface area contributed by atoms with E-state index >= 15 is 0 Å². The van der Waals surface area contributed by atoms with Gasteiger partial charge in [0, 0.05) is 42.3 Å². The van der Waals surface area contributed by atoms with E-state index < -0.39 is 11.7 Å². The first-order valence-electron chi connectivity index (χ1n) is 10.4. The number of amides is 1. The predicted octanol–water partition coefficient (Wildman–Crippen LogP) is 5.79. The number of methoxy groups -OCH3 is 1. The minimum Gasteiger partial charge on any atom is -0.383 e. The first-order chi connectivity index (χ1) is 15.8. The Morgan fingerprint density at radius 3 is 2.67 bits per heavy atom. The van der Waals surface area contributed by atoms with Gasteiger partial charge in [0.05, 0.1) is 12.2 Å². The smallest absolute Gasteiger partial charge is 0.383 e. The Morgan fingerprint density at radius 1 is 1.12 bits per heavy atom. The Labute approximate surface area is 195 Å². The fourth-order valence-electron chi connectivity index (χ4n) is 3.32. The summed E-state index contributed by atoms with van der Waals surface area (Å²) in [5.74, 6) is 0.422. The number of nitrogens with zero attached hydrogens (tertiary/aromatic N) is 1. The molecule has 4 nitrogen and oxygen atoms in total. The maximum Gasteiger partial charge on any atom is 0.417 e. The van der Waals surface area contributed by atoms with Crippen LogP contribution in [0.2, 0.25) is 0 Å². The van der Waals surface area contributed by atoms with Crippen molar-refractivity contribution in [2.75, 3.05) is 26.0 Å². The van der Waals surface area contributed by atoms with Gasteiger partial charge in [-0.25, -0.2) is 0 Å². The van der Waals surface area contributed by atoms with Gasteiger partial charge in [0.15, 0.2) is 0 Å². The lowest BCUT2D eigenvalue weighted by molar-refractivity contribution is -0.137. The molecule has 33 heavy (non-hydrogen) atoms. The Balaban J connectivity index is 1.76. The molecular formula is C25H25F3N2O2S. The number of hydrogen-bond donors (Lipinski definition) is 1. The second kappa shape index (κ2) is 11.3. The van der Waals surface area contributed by atoms with Gasteiger partial charge in [0.25, 0.3) is 5.91 Å². The molecule has 174 valence electrons. The summed E-state index contributed by atoms with van der Waals surface area (Å²) in [6.45, 7) is 2.86. The maximum atomic E-state index is 12.9. The zero-order chi connectivity index (χ0) is 23.8. The molecule has 0 aliphatic heterocycles. The monoisotopic (exact) mass is 474 g/mol. The first kappa shape index (κ1) is 24.8. The highest BCUT2D eigenvalue weighted by atomic mass is 32.2. The number of carbonyl (C=O) groups is 1. The summed E-state index contributed by atoms with van der Waals surface area (Å²) >= 11 is 1.58. The number of ether oxygens (including phenoxy) is 1. The van der Waals surface area contributed by atoms with Gasteiger partial charge in [-0.05, 0) is 53.8 Å². The lowest BCUT2D eigenvalue weighted by Crippen LogP contribution is -2.26. The first-order valence-corrected chi connectivity index (χ1v) is 11.4. The van der Waals surface area contributed by atoms with Crippen molar-refractivity contribution in [3.63, 3.8) is 0 Å². The quantitative estimate of drug-likeness (QED) is 0.315. The molecule has 0 spiro atoms. The molecule has 3 rings (SSSR count). The Bertz CT molecular complexity index is 1100. The standard InChI is InChI=1S/C25H25F3N2O2S/c1-17-5-3-8-22(19-6-4-7-20(14-19)24(31)30-10-11-32-2)23(17)33-12-9-18-13-21(16-29-15-18)25(26,27)28/h3-8,13-16H,9-12H2,1-2H3,(H,30,31). The SMILES string of the molecule is COCCNC(=O)c1cccc(-c2cccc(C)c2SCCc2cncc(C(F)(F)F)c2)c1. The molecule has 1 N–H and O–H groups in total. The summed E-state index contributed by atoms with van der Waals surface area (Å²) in [7, 11) is 1.58. The molecule has 0 saturated carbocycles. The molecule has 0 aliphatic carbocycles. The third kappa shape index (κ3) is 6.82. The molecule has 8 heteroatoms. The number of pyridine rings is 1. The Kier molecular flexibility index (Phi) is 8.52. The molecular weight excluding hydrogens is 449 g/mol. The third-order valence-electron chi connectivity index (χ3n) is 5.00. The van der Waals surface area contributed by atoms with Crippen molar-refractivity contribution in [1.82, 2.24) is 10.3 Å². The second-order valence-electron chi connectivity index (χ2n) is 7.46. The van der Waals surface area contributed by atoms with E-state index in [-0.39, 0.29) is 5.91 Å². The lowest BCUT2D eigenvalue weighted by atomic mass is 10.0. The van der Waals surface area contributed by atoms with Crippen LogP contribution >= 0.6 is 11.8 Å². The van der Waals surface area contributed by atoms with Gasteiger partial charge in [0.1, 0.15) is 0 Å². The van der Waals surface area contributed by atoms with Crippen LogP contribution in [0.15, 0.2) is 65.8 Å². The van der Waals surface area contributed by atoms with Crippen LogP contribution in [-0.2, 0) is 17.3 Å². The molecule has 3 aromatic rings. The Hall–Kier alpha value is -2.84. The number of alkyl halides is 3. The molecule has 0 aliphatic rings. The number of carbonyl (C=O) groups excluding carboxylic acids is 1. The second-order valence-corrected chi connectivity index (χ2v) is 8.56. The fraction of sp³-hybridized carbons (Fsp3) is 0.280. The van der Waals surface area contributed by atoms with Crippen molar-refractivity contribution in [3.05, 3.63) is 83.2 Å². The molecule has 0 fully saturated rings. The third-order valence-corrected chi connectivity index (χ3v) is 6.24. The lowest BCUT2D eigenvalue weighted by Gasteiger charge is -2.14. The topological polar surface area (TPSA) is 51.2 Å². The van der Waals surface area contributed by atoms with Gasteiger partial charge in [-0.15, -0.1) is 11.8 Å². The zero-order valence-corrected chi connectivity index (χ0v) is 19.2. The number of thioether (sulfide) groups is 1. The summed E-state index contributed by atoms with van der Waals surface area (Å²) in [5, 5.41) is 2.82. The molecule has 1 heterocycles. The van der Waals surface area contributed by atoms with Crippen molar-refractivity contribution in [2.24, 2.45) is 0 Å². The van der Waals surface area contributed by atoms with Crippen molar-refractivity contribution in [1.29, 1.82) is 0 Å². The average molecular weight is 475 g/mol. The van der Waals surface area contributed by atoms with Crippen molar-refractivity contribution < 1.29 is 22.7 Å². The van der Waals surface area contributed by atoms with E-state index in [1.54, 1.807) is 24.9 Å². The summed E-state index contributed by atoms with van der Waals surface area (Å²) in [4.78, 5) is 17.2. The number of hydrogen-bond acceptors (Lipinski definition) is 4. The van der Waals surface area contributed by atoms with E-state index in [1.807, 2.05) is 43.3 Å². The summed E-state index contributed by atoms with van der Waals surface area (Å²) < 4.78 is 43.8. The molecule has 0 bridgehead atoms. The largest absolute Gasteiger partial charge is 0.417 e. The number of halogens is 3. The van der Waals surface area contributed by atoms with Crippen molar-refractivity contribution in [2.45, 2.75) is 24.4 Å². The molecule has 2 aromatic carbocycles. The van der Waals surface area contributed by atoms with Gasteiger partial charge in [-0.3, -0.25) is 9.78 Å². The van der Waals surface area contributed by atoms with Gasteiger partial charge in [0.2, 0.25) is 0 Å². The average Bonchev–Trinajstić information content (AvgIpc) is 2.80. The van der Waals surface area contributed by atoms with Crippen LogP contribution < -0.4 is 5.32 Å². The van der Waals surface area contributed by atoms with Crippen LogP contribution in [0.4, 0.5) is 13.2 Å². The normalized spacial score (nSPS) is 11.4. The minimum atomic E-state index is -4.40. The van der Waals surface area contributed by atoms with Crippen LogP contribution in [0, 0.1) is 6.92 Å². The number of rotatable bonds is 9. The maximum absolute atomic E-state index is 12.9. The molecule has 0 saturated heterocycles. The van der Waals surface area contributed by atoms with E-state index in [0.717, 1.165) is 33.8 Å². The highest BCUT2D eigenvalue weighted by Gasteiger charge is 2.30. The number of benzene rings is 2. The van der Waals surface area contributed by atoms with Gasteiger partial charge >= 0.3 is 6.18 Å².